The summed E-state index contributed by atoms with van der Waals surface area (Å²) in [7, 11) is 1.50. The number of esters is 2. The molecule has 0 aromatic heterocycles. The highest BCUT2D eigenvalue weighted by atomic mass is 16.5. The third-order valence-corrected chi connectivity index (χ3v) is 5.33. The molecular weight excluding hydrogens is 438 g/mol. The second-order valence-corrected chi connectivity index (χ2v) is 7.56. The largest absolute Gasteiger partial charge is 0.497 e. The van der Waals surface area contributed by atoms with E-state index in [1.807, 2.05) is 30.3 Å². The first-order valence-corrected chi connectivity index (χ1v) is 10.5. The fourth-order valence-corrected chi connectivity index (χ4v) is 3.57. The Morgan fingerprint density at radius 1 is 0.971 bits per heavy atom. The van der Waals surface area contributed by atoms with Gasteiger partial charge in [0.05, 0.1) is 18.2 Å². The average molecular weight is 459 g/mol. The van der Waals surface area contributed by atoms with Gasteiger partial charge in [-0.25, -0.2) is 9.59 Å². The number of ether oxygens (including phenoxy) is 3. The Balaban J connectivity index is 1.36. The van der Waals surface area contributed by atoms with E-state index in [1.54, 1.807) is 18.2 Å². The van der Waals surface area contributed by atoms with Gasteiger partial charge in [0.25, 0.3) is 11.8 Å². The summed E-state index contributed by atoms with van der Waals surface area (Å²) in [5, 5.41) is 2.16. The fourth-order valence-electron chi connectivity index (χ4n) is 3.57. The van der Waals surface area contributed by atoms with Crippen LogP contribution >= 0.6 is 0 Å². The van der Waals surface area contributed by atoms with Crippen molar-refractivity contribution in [2.24, 2.45) is 0 Å². The van der Waals surface area contributed by atoms with Gasteiger partial charge in [-0.1, -0.05) is 30.3 Å². The summed E-state index contributed by atoms with van der Waals surface area (Å²) in [6.45, 7) is -0.632. The van der Waals surface area contributed by atoms with E-state index in [1.165, 1.54) is 31.4 Å². The van der Waals surface area contributed by atoms with Crippen molar-refractivity contribution in [3.63, 3.8) is 0 Å². The minimum Gasteiger partial charge on any atom is -0.497 e. The van der Waals surface area contributed by atoms with Crippen LogP contribution in [0.25, 0.3) is 0 Å². The molecule has 1 aliphatic heterocycles. The Labute approximate surface area is 195 Å². The number of hydrogen-bond acceptors (Lipinski definition) is 7. The van der Waals surface area contributed by atoms with Crippen molar-refractivity contribution >= 4 is 23.8 Å². The summed E-state index contributed by atoms with van der Waals surface area (Å²) in [6.07, 6.45) is -0.0505. The monoisotopic (exact) mass is 459 g/mol. The van der Waals surface area contributed by atoms with Crippen LogP contribution in [-0.4, -0.2) is 37.5 Å². The number of nitrogens with one attached hydrogen (secondary N) is 1. The number of carbonyl (C=O) groups excluding carboxylic acids is 4. The van der Waals surface area contributed by atoms with E-state index in [4.69, 9.17) is 14.2 Å². The molecule has 3 aromatic carbocycles. The second-order valence-electron chi connectivity index (χ2n) is 7.56. The van der Waals surface area contributed by atoms with Gasteiger partial charge in [-0.3, -0.25) is 14.9 Å². The molecule has 4 rings (SSSR count). The number of fused-ring (bicyclic) bond motifs is 1. The summed E-state index contributed by atoms with van der Waals surface area (Å²) < 4.78 is 15.6. The maximum absolute atomic E-state index is 12.5. The van der Waals surface area contributed by atoms with E-state index in [-0.39, 0.29) is 11.1 Å². The van der Waals surface area contributed by atoms with E-state index in [0.29, 0.717) is 23.3 Å². The first kappa shape index (κ1) is 22.7. The number of hydrogen-bond donors (Lipinski definition) is 1. The number of methoxy groups -OCH3 is 1. The zero-order valence-corrected chi connectivity index (χ0v) is 18.3. The van der Waals surface area contributed by atoms with Crippen molar-refractivity contribution in [3.05, 3.63) is 101 Å². The van der Waals surface area contributed by atoms with Crippen LogP contribution in [0.4, 0.5) is 0 Å². The maximum Gasteiger partial charge on any atom is 0.339 e. The van der Waals surface area contributed by atoms with Gasteiger partial charge in [-0.2, -0.15) is 0 Å². The van der Waals surface area contributed by atoms with Crippen molar-refractivity contribution < 1.29 is 33.4 Å². The van der Waals surface area contributed by atoms with Crippen molar-refractivity contribution in [1.82, 2.24) is 5.32 Å². The molecule has 1 atom stereocenters. The zero-order valence-electron chi connectivity index (χ0n) is 18.3. The first-order chi connectivity index (χ1) is 16.4. The number of rotatable bonds is 6. The standard InChI is InChI=1S/C26H21NO7/c1-32-20-10-7-17(8-11-20)24(29)27-23(28)15-33-25(30)18-9-12-21-19(13-18)14-22(34-26(21)31)16-5-3-2-4-6-16/h2-13,22H,14-15H2,1H3,(H,27,28,29). The number of cyclic esters (lactones) is 1. The van der Waals surface area contributed by atoms with Crippen LogP contribution in [0.15, 0.2) is 72.8 Å². The van der Waals surface area contributed by atoms with Crippen molar-refractivity contribution in [2.45, 2.75) is 12.5 Å². The quantitative estimate of drug-likeness (QED) is 0.564. The third-order valence-electron chi connectivity index (χ3n) is 5.33. The molecule has 0 spiro atoms. The van der Waals surface area contributed by atoms with E-state index < -0.39 is 36.5 Å². The van der Waals surface area contributed by atoms with Gasteiger partial charge in [0, 0.05) is 12.0 Å². The zero-order chi connectivity index (χ0) is 24.1. The Bertz CT molecular complexity index is 1240. The SMILES string of the molecule is COc1ccc(C(=O)NC(=O)COC(=O)c2ccc3c(c2)CC(c2ccccc2)OC3=O)cc1. The smallest absolute Gasteiger partial charge is 0.339 e. The number of imide groups is 1. The predicted molar refractivity (Wildman–Crippen MR) is 120 cm³/mol. The van der Waals surface area contributed by atoms with Gasteiger partial charge >= 0.3 is 11.9 Å². The molecule has 8 nitrogen and oxygen atoms in total. The van der Waals surface area contributed by atoms with Crippen LogP contribution in [0.5, 0.6) is 5.75 Å². The summed E-state index contributed by atoms with van der Waals surface area (Å²) in [4.78, 5) is 49.1. The first-order valence-electron chi connectivity index (χ1n) is 10.5. The van der Waals surface area contributed by atoms with E-state index in [9.17, 15) is 19.2 Å². The fraction of sp³-hybridized carbons (Fsp3) is 0.154. The molecule has 1 unspecified atom stereocenters. The van der Waals surface area contributed by atoms with E-state index in [0.717, 1.165) is 5.56 Å². The molecule has 0 radical (unpaired) electrons. The summed E-state index contributed by atoms with van der Waals surface area (Å²) >= 11 is 0. The molecule has 0 saturated carbocycles. The number of benzene rings is 3. The van der Waals surface area contributed by atoms with Crippen LogP contribution in [0, 0.1) is 0 Å². The molecular formula is C26H21NO7. The molecule has 2 amide bonds. The minimum absolute atomic E-state index is 0.189. The molecule has 0 aliphatic carbocycles. The van der Waals surface area contributed by atoms with Gasteiger partial charge in [0.2, 0.25) is 0 Å². The minimum atomic E-state index is -0.764. The Hall–Kier alpha value is -4.46. The molecule has 34 heavy (non-hydrogen) atoms. The summed E-state index contributed by atoms with van der Waals surface area (Å²) in [5.41, 5.74) is 2.34. The lowest BCUT2D eigenvalue weighted by molar-refractivity contribution is -0.123. The Morgan fingerprint density at radius 2 is 1.68 bits per heavy atom. The van der Waals surface area contributed by atoms with Gasteiger partial charge in [-0.15, -0.1) is 0 Å². The summed E-state index contributed by atoms with van der Waals surface area (Å²) in [6, 6.07) is 20.0. The second kappa shape index (κ2) is 9.99. The van der Waals surface area contributed by atoms with E-state index in [2.05, 4.69) is 5.32 Å². The van der Waals surface area contributed by atoms with E-state index >= 15 is 0 Å². The molecule has 3 aromatic rings. The molecule has 1 aliphatic rings. The van der Waals surface area contributed by atoms with Crippen molar-refractivity contribution in [1.29, 1.82) is 0 Å². The number of amides is 2. The molecule has 1 heterocycles. The Morgan fingerprint density at radius 3 is 2.38 bits per heavy atom. The molecule has 1 N–H and O–H groups in total. The molecule has 0 saturated heterocycles. The van der Waals surface area contributed by atoms with Gasteiger partial charge in [-0.05, 0) is 53.6 Å². The van der Waals surface area contributed by atoms with Gasteiger partial charge in [0.15, 0.2) is 6.61 Å². The Kier molecular flexibility index (Phi) is 6.68. The lowest BCUT2D eigenvalue weighted by atomic mass is 9.93. The highest BCUT2D eigenvalue weighted by Gasteiger charge is 2.28. The highest BCUT2D eigenvalue weighted by molar-refractivity contribution is 6.05. The summed E-state index contributed by atoms with van der Waals surface area (Å²) in [5.74, 6) is -2.02. The topological polar surface area (TPSA) is 108 Å². The molecule has 8 heteroatoms. The van der Waals surface area contributed by atoms with Crippen molar-refractivity contribution in [3.8, 4) is 5.75 Å². The third kappa shape index (κ3) is 5.12. The van der Waals surface area contributed by atoms with Gasteiger partial charge in [0.1, 0.15) is 11.9 Å². The van der Waals surface area contributed by atoms with Crippen LogP contribution in [-0.2, 0) is 20.7 Å². The normalized spacial score (nSPS) is 14.4. The van der Waals surface area contributed by atoms with Crippen molar-refractivity contribution in [2.75, 3.05) is 13.7 Å². The van der Waals surface area contributed by atoms with Gasteiger partial charge < -0.3 is 14.2 Å². The average Bonchev–Trinajstić information content (AvgIpc) is 2.87. The lowest BCUT2D eigenvalue weighted by Gasteiger charge is -2.25. The number of carbonyl (C=O) groups is 4. The maximum atomic E-state index is 12.5. The lowest BCUT2D eigenvalue weighted by Crippen LogP contribution is -2.34. The molecule has 0 fully saturated rings. The van der Waals surface area contributed by atoms with Crippen LogP contribution in [0.1, 0.15) is 48.3 Å². The van der Waals surface area contributed by atoms with Crippen LogP contribution in [0.2, 0.25) is 0 Å². The van der Waals surface area contributed by atoms with Crippen LogP contribution in [0.3, 0.4) is 0 Å². The molecule has 0 bridgehead atoms. The molecule has 172 valence electrons. The van der Waals surface area contributed by atoms with Crippen LogP contribution < -0.4 is 10.1 Å². The highest BCUT2D eigenvalue weighted by Crippen LogP contribution is 2.31. The predicted octanol–water partition coefficient (Wildman–Crippen LogP) is 3.26.